The summed E-state index contributed by atoms with van der Waals surface area (Å²) in [6.07, 6.45) is 1.93. The van der Waals surface area contributed by atoms with Crippen LogP contribution in [0, 0.1) is 6.92 Å². The van der Waals surface area contributed by atoms with E-state index in [4.69, 9.17) is 0 Å². The highest BCUT2D eigenvalue weighted by Crippen LogP contribution is 2.18. The molecule has 5 heteroatoms. The summed E-state index contributed by atoms with van der Waals surface area (Å²) in [6.45, 7) is 3.74. The van der Waals surface area contributed by atoms with E-state index in [9.17, 15) is 0 Å². The fourth-order valence-electron chi connectivity index (χ4n) is 1.96. The van der Waals surface area contributed by atoms with Gasteiger partial charge in [-0.1, -0.05) is 0 Å². The Morgan fingerprint density at radius 1 is 1.39 bits per heavy atom. The largest absolute Gasteiger partial charge is 0.354 e. The first-order valence-corrected chi connectivity index (χ1v) is 6.83. The highest BCUT2D eigenvalue weighted by Gasteiger charge is 2.08. The topological polar surface area (TPSA) is 41.1 Å². The second-order valence-corrected chi connectivity index (χ2v) is 5.07. The van der Waals surface area contributed by atoms with Crippen molar-refractivity contribution < 1.29 is 0 Å². The molecule has 0 saturated heterocycles. The number of aryl methyl sites for hydroxylation is 1. The quantitative estimate of drug-likeness (QED) is 0.897. The molecule has 0 radical (unpaired) electrons. The van der Waals surface area contributed by atoms with Crippen LogP contribution in [0.25, 0.3) is 0 Å². The highest BCUT2D eigenvalue weighted by molar-refractivity contribution is 7.07. The summed E-state index contributed by atoms with van der Waals surface area (Å²) in [7, 11) is 3.99. The smallest absolute Gasteiger partial charge is 0.131 e. The first kappa shape index (κ1) is 13.0. The molecule has 96 valence electrons. The molecule has 0 aliphatic carbocycles. The molecule has 0 aliphatic heterocycles. The molecule has 18 heavy (non-hydrogen) atoms. The molecule has 2 aromatic heterocycles. The first-order chi connectivity index (χ1) is 8.70. The van der Waals surface area contributed by atoms with Crippen LogP contribution < -0.4 is 10.2 Å². The Bertz CT molecular complexity index is 496. The molecule has 0 unspecified atom stereocenters. The van der Waals surface area contributed by atoms with Crippen molar-refractivity contribution in [3.05, 3.63) is 40.0 Å². The standard InChI is InChI=1S/C13H18N4S/c1-10-4-11(5-14-2)6-15-13(10)17(3)7-12-8-18-9-16-12/h4,6,8-9,14H,5,7H2,1-3H3. The molecular weight excluding hydrogens is 244 g/mol. The Balaban J connectivity index is 2.12. The number of hydrogen-bond acceptors (Lipinski definition) is 5. The van der Waals surface area contributed by atoms with Crippen molar-refractivity contribution in [3.8, 4) is 0 Å². The van der Waals surface area contributed by atoms with Crippen LogP contribution in [0.2, 0.25) is 0 Å². The van der Waals surface area contributed by atoms with Gasteiger partial charge in [0.15, 0.2) is 0 Å². The predicted octanol–water partition coefficient (Wildman–Crippen LogP) is 2.20. The number of anilines is 1. The van der Waals surface area contributed by atoms with E-state index in [-0.39, 0.29) is 0 Å². The van der Waals surface area contributed by atoms with Gasteiger partial charge in [0, 0.05) is 25.2 Å². The summed E-state index contributed by atoms with van der Waals surface area (Å²) in [5.41, 5.74) is 5.35. The van der Waals surface area contributed by atoms with Crippen LogP contribution in [0.4, 0.5) is 5.82 Å². The van der Waals surface area contributed by atoms with Gasteiger partial charge in [-0.2, -0.15) is 0 Å². The van der Waals surface area contributed by atoms with Gasteiger partial charge in [-0.05, 0) is 31.2 Å². The van der Waals surface area contributed by atoms with Crippen LogP contribution in [0.15, 0.2) is 23.2 Å². The second-order valence-electron chi connectivity index (χ2n) is 4.35. The van der Waals surface area contributed by atoms with Gasteiger partial charge in [0.2, 0.25) is 0 Å². The van der Waals surface area contributed by atoms with Crippen molar-refractivity contribution in [2.45, 2.75) is 20.0 Å². The normalized spacial score (nSPS) is 10.6. The number of hydrogen-bond donors (Lipinski definition) is 1. The van der Waals surface area contributed by atoms with Crippen molar-refractivity contribution >= 4 is 17.2 Å². The zero-order valence-electron chi connectivity index (χ0n) is 11.0. The van der Waals surface area contributed by atoms with Gasteiger partial charge in [0.05, 0.1) is 17.7 Å². The Hall–Kier alpha value is -1.46. The fourth-order valence-corrected chi connectivity index (χ4v) is 2.51. The molecular formula is C13H18N4S. The molecule has 2 rings (SSSR count). The van der Waals surface area contributed by atoms with Crippen LogP contribution in [-0.2, 0) is 13.1 Å². The van der Waals surface area contributed by atoms with Crippen molar-refractivity contribution in [2.24, 2.45) is 0 Å². The maximum absolute atomic E-state index is 4.54. The summed E-state index contributed by atoms with van der Waals surface area (Å²) in [4.78, 5) is 11.0. The third-order valence-electron chi connectivity index (χ3n) is 2.73. The van der Waals surface area contributed by atoms with E-state index in [0.29, 0.717) is 0 Å². The lowest BCUT2D eigenvalue weighted by Gasteiger charge is -2.19. The molecule has 0 atom stereocenters. The second kappa shape index (κ2) is 5.93. The van der Waals surface area contributed by atoms with E-state index in [0.717, 1.165) is 24.6 Å². The minimum absolute atomic E-state index is 0.794. The average Bonchev–Trinajstić information content (AvgIpc) is 2.82. The maximum Gasteiger partial charge on any atom is 0.131 e. The van der Waals surface area contributed by atoms with E-state index in [1.807, 2.05) is 25.8 Å². The minimum atomic E-state index is 0.794. The Morgan fingerprint density at radius 2 is 2.22 bits per heavy atom. The maximum atomic E-state index is 4.54. The third-order valence-corrected chi connectivity index (χ3v) is 3.37. The molecule has 1 N–H and O–H groups in total. The number of aromatic nitrogens is 2. The average molecular weight is 262 g/mol. The summed E-state index contributed by atoms with van der Waals surface area (Å²) in [5, 5.41) is 5.20. The summed E-state index contributed by atoms with van der Waals surface area (Å²) in [5.74, 6) is 1.02. The molecule has 2 aromatic rings. The number of pyridine rings is 1. The van der Waals surface area contributed by atoms with E-state index in [1.54, 1.807) is 11.3 Å². The molecule has 0 bridgehead atoms. The molecule has 2 heterocycles. The lowest BCUT2D eigenvalue weighted by molar-refractivity contribution is 0.806. The highest BCUT2D eigenvalue weighted by atomic mass is 32.1. The Labute approximate surface area is 112 Å². The minimum Gasteiger partial charge on any atom is -0.354 e. The van der Waals surface area contributed by atoms with Gasteiger partial charge >= 0.3 is 0 Å². The summed E-state index contributed by atoms with van der Waals surface area (Å²) in [6, 6.07) is 2.18. The number of nitrogens with zero attached hydrogens (tertiary/aromatic N) is 3. The zero-order chi connectivity index (χ0) is 13.0. The molecule has 4 nitrogen and oxygen atoms in total. The SMILES string of the molecule is CNCc1cnc(N(C)Cc2cscn2)c(C)c1. The first-order valence-electron chi connectivity index (χ1n) is 5.89. The van der Waals surface area contributed by atoms with Gasteiger partial charge < -0.3 is 10.2 Å². The number of thiazole rings is 1. The molecule has 0 spiro atoms. The van der Waals surface area contributed by atoms with Gasteiger partial charge in [-0.25, -0.2) is 9.97 Å². The van der Waals surface area contributed by atoms with Crippen LogP contribution in [-0.4, -0.2) is 24.1 Å². The van der Waals surface area contributed by atoms with Crippen LogP contribution in [0.5, 0.6) is 0 Å². The van der Waals surface area contributed by atoms with Crippen LogP contribution >= 0.6 is 11.3 Å². The fraction of sp³-hybridized carbons (Fsp3) is 0.385. The lowest BCUT2D eigenvalue weighted by Crippen LogP contribution is -2.19. The Kier molecular flexibility index (Phi) is 4.28. The van der Waals surface area contributed by atoms with Gasteiger partial charge in [0.25, 0.3) is 0 Å². The third kappa shape index (κ3) is 3.05. The molecule has 0 fully saturated rings. The Morgan fingerprint density at radius 3 is 2.83 bits per heavy atom. The van der Waals surface area contributed by atoms with E-state index >= 15 is 0 Å². The van der Waals surface area contributed by atoms with Gasteiger partial charge in [-0.15, -0.1) is 11.3 Å². The monoisotopic (exact) mass is 262 g/mol. The summed E-state index contributed by atoms with van der Waals surface area (Å²) >= 11 is 1.62. The lowest BCUT2D eigenvalue weighted by atomic mass is 10.2. The van der Waals surface area contributed by atoms with Gasteiger partial charge in [-0.3, -0.25) is 0 Å². The van der Waals surface area contributed by atoms with Crippen molar-refractivity contribution in [1.82, 2.24) is 15.3 Å². The van der Waals surface area contributed by atoms with Crippen LogP contribution in [0.3, 0.4) is 0 Å². The molecule has 0 amide bonds. The molecule has 0 aromatic carbocycles. The predicted molar refractivity (Wildman–Crippen MR) is 76.0 cm³/mol. The summed E-state index contributed by atoms with van der Waals surface area (Å²) < 4.78 is 0. The molecule has 0 saturated carbocycles. The van der Waals surface area contributed by atoms with E-state index in [2.05, 4.69) is 38.6 Å². The number of rotatable bonds is 5. The molecule has 0 aliphatic rings. The van der Waals surface area contributed by atoms with Crippen molar-refractivity contribution in [2.75, 3.05) is 19.0 Å². The van der Waals surface area contributed by atoms with Gasteiger partial charge in [0.1, 0.15) is 5.82 Å². The van der Waals surface area contributed by atoms with Crippen molar-refractivity contribution in [1.29, 1.82) is 0 Å². The van der Waals surface area contributed by atoms with E-state index < -0.39 is 0 Å². The van der Waals surface area contributed by atoms with Crippen LogP contribution in [0.1, 0.15) is 16.8 Å². The number of nitrogens with one attached hydrogen (secondary N) is 1. The van der Waals surface area contributed by atoms with E-state index in [1.165, 1.54) is 11.1 Å². The zero-order valence-corrected chi connectivity index (χ0v) is 11.8. The van der Waals surface area contributed by atoms with Crippen molar-refractivity contribution in [3.63, 3.8) is 0 Å².